The maximum absolute atomic E-state index is 13.1. The Morgan fingerprint density at radius 1 is 0.796 bits per heavy atom. The molecule has 2 saturated heterocycles. The first-order valence-corrected chi connectivity index (χ1v) is 17.5. The summed E-state index contributed by atoms with van der Waals surface area (Å²) in [5, 5.41) is 3.17. The molecule has 5 amide bonds. The molecule has 2 fully saturated rings. The number of piperazine rings is 1. The van der Waals surface area contributed by atoms with Crippen LogP contribution < -0.4 is 24.4 Å². The van der Waals surface area contributed by atoms with E-state index in [1.807, 2.05) is 30.6 Å². The fraction of sp³-hybridized carbons (Fsp3) is 0.250. The molecular formula is C40H36N6O8. The lowest BCUT2D eigenvalue weighted by atomic mass is 10.0. The Kier molecular flexibility index (Phi) is 8.93. The van der Waals surface area contributed by atoms with Gasteiger partial charge in [0.2, 0.25) is 11.8 Å². The number of piperidine rings is 1. The summed E-state index contributed by atoms with van der Waals surface area (Å²) in [6, 6.07) is 19.6. The van der Waals surface area contributed by atoms with Crippen LogP contribution in [0.2, 0.25) is 0 Å². The highest BCUT2D eigenvalue weighted by atomic mass is 16.5. The van der Waals surface area contributed by atoms with E-state index in [0.29, 0.717) is 37.7 Å². The average molecular weight is 729 g/mol. The highest BCUT2D eigenvalue weighted by Gasteiger charge is 2.44. The Balaban J connectivity index is 0.869. The zero-order valence-electron chi connectivity index (χ0n) is 29.6. The second kappa shape index (κ2) is 14.0. The number of pyridine rings is 1. The summed E-state index contributed by atoms with van der Waals surface area (Å²) >= 11 is 0. The number of carbonyl (C=O) groups is 5. The maximum Gasteiger partial charge on any atom is 0.262 e. The number of nitrogens with one attached hydrogen (secondary N) is 2. The van der Waals surface area contributed by atoms with Crippen LogP contribution in [0, 0.1) is 0 Å². The van der Waals surface area contributed by atoms with E-state index >= 15 is 0 Å². The molecule has 274 valence electrons. The molecule has 2 aromatic heterocycles. The van der Waals surface area contributed by atoms with Gasteiger partial charge in [-0.25, -0.2) is 4.98 Å². The number of fused-ring (bicyclic) bond motifs is 2. The smallest absolute Gasteiger partial charge is 0.262 e. The molecule has 5 aromatic rings. The van der Waals surface area contributed by atoms with Crippen molar-refractivity contribution < 1.29 is 38.2 Å². The van der Waals surface area contributed by atoms with E-state index in [-0.39, 0.29) is 42.2 Å². The third-order valence-electron chi connectivity index (χ3n) is 10.2. The van der Waals surface area contributed by atoms with Crippen LogP contribution >= 0.6 is 0 Å². The van der Waals surface area contributed by atoms with Gasteiger partial charge in [0.15, 0.2) is 18.1 Å². The first-order chi connectivity index (χ1) is 26.2. The molecule has 2 N–H and O–H groups in total. The fourth-order valence-corrected chi connectivity index (χ4v) is 7.26. The fourth-order valence-electron chi connectivity index (χ4n) is 7.26. The second-order valence-electron chi connectivity index (χ2n) is 13.3. The number of aromatic amines is 1. The summed E-state index contributed by atoms with van der Waals surface area (Å²) in [5.41, 5.74) is 6.07. The van der Waals surface area contributed by atoms with Gasteiger partial charge in [0.25, 0.3) is 17.7 Å². The first-order valence-electron chi connectivity index (χ1n) is 17.5. The number of carbonyl (C=O) groups excluding carboxylic acids is 5. The molecule has 5 heterocycles. The van der Waals surface area contributed by atoms with E-state index in [9.17, 15) is 24.0 Å². The second-order valence-corrected chi connectivity index (χ2v) is 13.3. The highest BCUT2D eigenvalue weighted by Crippen LogP contribution is 2.37. The predicted octanol–water partition coefficient (Wildman–Crippen LogP) is 4.04. The van der Waals surface area contributed by atoms with Gasteiger partial charge in [0, 0.05) is 67.2 Å². The van der Waals surface area contributed by atoms with E-state index < -0.39 is 29.7 Å². The van der Waals surface area contributed by atoms with Crippen molar-refractivity contribution in [2.24, 2.45) is 0 Å². The minimum atomic E-state index is -1.06. The first kappa shape index (κ1) is 34.4. The van der Waals surface area contributed by atoms with E-state index in [4.69, 9.17) is 14.2 Å². The Labute approximate surface area is 309 Å². The number of hydrogen-bond acceptors (Lipinski definition) is 10. The highest BCUT2D eigenvalue weighted by molar-refractivity contribution is 6.23. The van der Waals surface area contributed by atoms with Gasteiger partial charge in [-0.05, 0) is 66.1 Å². The lowest BCUT2D eigenvalue weighted by Crippen LogP contribution is -2.54. The zero-order chi connectivity index (χ0) is 37.5. The van der Waals surface area contributed by atoms with Crippen LogP contribution in [0.1, 0.15) is 33.6 Å². The van der Waals surface area contributed by atoms with Gasteiger partial charge in [-0.1, -0.05) is 18.2 Å². The van der Waals surface area contributed by atoms with Crippen molar-refractivity contribution in [2.45, 2.75) is 18.9 Å². The van der Waals surface area contributed by atoms with Crippen molar-refractivity contribution in [1.82, 2.24) is 25.1 Å². The predicted molar refractivity (Wildman–Crippen MR) is 197 cm³/mol. The van der Waals surface area contributed by atoms with Crippen molar-refractivity contribution >= 4 is 46.3 Å². The molecule has 0 radical (unpaired) electrons. The van der Waals surface area contributed by atoms with E-state index in [1.165, 1.54) is 18.2 Å². The molecule has 0 bridgehead atoms. The van der Waals surface area contributed by atoms with Crippen LogP contribution in [0.15, 0.2) is 79.1 Å². The van der Waals surface area contributed by atoms with Crippen molar-refractivity contribution in [1.29, 1.82) is 0 Å². The van der Waals surface area contributed by atoms with E-state index in [1.54, 1.807) is 19.1 Å². The molecule has 0 spiro atoms. The Bertz CT molecular complexity index is 2330. The summed E-state index contributed by atoms with van der Waals surface area (Å²) in [4.78, 5) is 75.9. The number of nitrogens with zero attached hydrogens (tertiary/aromatic N) is 4. The molecule has 8 rings (SSSR count). The van der Waals surface area contributed by atoms with Crippen LogP contribution in [-0.4, -0.2) is 102 Å². The lowest BCUT2D eigenvalue weighted by Gasteiger charge is -2.36. The molecule has 3 aliphatic heterocycles. The van der Waals surface area contributed by atoms with Gasteiger partial charge in [0.1, 0.15) is 17.4 Å². The third kappa shape index (κ3) is 6.25. The van der Waals surface area contributed by atoms with Crippen LogP contribution in [0.3, 0.4) is 0 Å². The monoisotopic (exact) mass is 728 g/mol. The Morgan fingerprint density at radius 2 is 1.54 bits per heavy atom. The summed E-state index contributed by atoms with van der Waals surface area (Å²) in [5.74, 6) is -0.971. The van der Waals surface area contributed by atoms with E-state index in [0.717, 1.165) is 43.9 Å². The van der Waals surface area contributed by atoms with Crippen LogP contribution in [0.4, 0.5) is 5.69 Å². The SMILES string of the molecule is COc1ccc(-c2c[nH]c3ncc(-c4ccc(N5CCN(C(=O)COc6ccc7c(c6)C(=O)N(C6CCC(=O)NC6=O)C7=O)CC5)cc4)cc23)cc1OC. The molecule has 14 nitrogen and oxygen atoms in total. The lowest BCUT2D eigenvalue weighted by molar-refractivity contribution is -0.136. The normalized spacial score (nSPS) is 17.1. The molecule has 0 saturated carbocycles. The molecule has 14 heteroatoms. The number of benzene rings is 3. The molecule has 1 atom stereocenters. The summed E-state index contributed by atoms with van der Waals surface area (Å²) in [7, 11) is 3.23. The standard InChI is InChI=1S/C40H36N6O8/c1-52-33-11-5-24(18-34(33)53-2)31-21-42-37-29(31)17-25(20-41-37)23-3-6-26(7-4-23)44-13-15-45(16-14-44)36(48)22-54-27-8-9-28-30(19-27)40(51)46(39(28)50)32-10-12-35(47)43-38(32)49/h3-9,11,17-21,32H,10,12-16,22H2,1-2H3,(H,41,42)(H,43,47,49). The summed E-state index contributed by atoms with van der Waals surface area (Å²) in [6.45, 7) is 2.06. The molecule has 1 unspecified atom stereocenters. The maximum atomic E-state index is 13.1. The van der Waals surface area contributed by atoms with Gasteiger partial charge in [0.05, 0.1) is 25.3 Å². The van der Waals surface area contributed by atoms with Crippen molar-refractivity contribution in [3.05, 3.63) is 90.3 Å². The van der Waals surface area contributed by atoms with Gasteiger partial charge in [-0.3, -0.25) is 34.2 Å². The molecule has 54 heavy (non-hydrogen) atoms. The minimum absolute atomic E-state index is 0.0374. The number of ether oxygens (including phenoxy) is 3. The zero-order valence-corrected chi connectivity index (χ0v) is 29.6. The molecule has 3 aromatic carbocycles. The van der Waals surface area contributed by atoms with Crippen LogP contribution in [0.25, 0.3) is 33.3 Å². The van der Waals surface area contributed by atoms with Gasteiger partial charge in [-0.15, -0.1) is 0 Å². The number of anilines is 1. The third-order valence-corrected chi connectivity index (χ3v) is 10.2. The van der Waals surface area contributed by atoms with Crippen molar-refractivity contribution in [2.75, 3.05) is 51.9 Å². The average Bonchev–Trinajstić information content (AvgIpc) is 3.74. The van der Waals surface area contributed by atoms with Crippen LogP contribution in [0.5, 0.6) is 17.2 Å². The number of H-pyrrole nitrogens is 1. The van der Waals surface area contributed by atoms with Gasteiger partial charge < -0.3 is 29.0 Å². The number of hydrogen-bond donors (Lipinski definition) is 2. The number of amides is 5. The Hall–Kier alpha value is -6.70. The largest absolute Gasteiger partial charge is 0.493 e. The quantitative estimate of drug-likeness (QED) is 0.212. The summed E-state index contributed by atoms with van der Waals surface area (Å²) < 4.78 is 16.7. The van der Waals surface area contributed by atoms with Crippen molar-refractivity contribution in [3.63, 3.8) is 0 Å². The number of aromatic nitrogens is 2. The number of methoxy groups -OCH3 is 2. The molecule has 0 aliphatic carbocycles. The summed E-state index contributed by atoms with van der Waals surface area (Å²) in [6.07, 6.45) is 3.91. The minimum Gasteiger partial charge on any atom is -0.493 e. The van der Waals surface area contributed by atoms with E-state index in [2.05, 4.69) is 50.5 Å². The molecular weight excluding hydrogens is 692 g/mol. The number of imide groups is 2. The topological polar surface area (TPSA) is 163 Å². The van der Waals surface area contributed by atoms with Gasteiger partial charge >= 0.3 is 0 Å². The van der Waals surface area contributed by atoms with Crippen LogP contribution in [-0.2, 0) is 14.4 Å². The Morgan fingerprint density at radius 3 is 2.28 bits per heavy atom. The number of rotatable bonds is 9. The van der Waals surface area contributed by atoms with Crippen molar-refractivity contribution in [3.8, 4) is 39.5 Å². The molecule has 3 aliphatic rings. The van der Waals surface area contributed by atoms with Gasteiger partial charge in [-0.2, -0.15) is 0 Å².